The van der Waals surface area contributed by atoms with Crippen LogP contribution in [0.25, 0.3) is 0 Å². The molecule has 0 saturated carbocycles. The Morgan fingerprint density at radius 3 is 2.70 bits per heavy atom. The van der Waals surface area contributed by atoms with E-state index in [4.69, 9.17) is 0 Å². The molecule has 114 valence electrons. The van der Waals surface area contributed by atoms with Gasteiger partial charge in [0, 0.05) is 12.6 Å². The molecule has 1 unspecified atom stereocenters. The second-order valence-corrected chi connectivity index (χ2v) is 5.05. The minimum Gasteiger partial charge on any atom is -0.371 e. The molecule has 1 N–H and O–H groups in total. The molecule has 0 radical (unpaired) electrons. The summed E-state index contributed by atoms with van der Waals surface area (Å²) in [6, 6.07) is 8.59. The number of rotatable bonds is 8. The zero-order valence-electron chi connectivity index (χ0n) is 12.0. The highest BCUT2D eigenvalue weighted by Crippen LogP contribution is 2.14. The van der Waals surface area contributed by atoms with E-state index in [-0.39, 0.29) is 12.6 Å². The van der Waals surface area contributed by atoms with Crippen LogP contribution in [0.4, 0.5) is 13.2 Å². The van der Waals surface area contributed by atoms with E-state index in [0.29, 0.717) is 6.54 Å². The van der Waals surface area contributed by atoms with Crippen LogP contribution in [0.15, 0.2) is 24.3 Å². The summed E-state index contributed by atoms with van der Waals surface area (Å²) in [7, 11) is 0. The van der Waals surface area contributed by atoms with Crippen molar-refractivity contribution in [3.63, 3.8) is 0 Å². The molecule has 1 rings (SSSR count). The lowest BCUT2D eigenvalue weighted by Gasteiger charge is -2.14. The summed E-state index contributed by atoms with van der Waals surface area (Å²) < 4.78 is 40.1. The maximum Gasteiger partial charge on any atom is 0.411 e. The fourth-order valence-electron chi connectivity index (χ4n) is 1.92. The molecular weight excluding hydrogens is 267 g/mol. The molecule has 0 amide bonds. The largest absolute Gasteiger partial charge is 0.411 e. The Balaban J connectivity index is 2.10. The maximum atomic E-state index is 11.8. The minimum atomic E-state index is -4.24. The number of nitrogens with one attached hydrogen (secondary N) is 1. The summed E-state index contributed by atoms with van der Waals surface area (Å²) in [6.07, 6.45) is -2.33. The molecule has 0 heterocycles. The van der Waals surface area contributed by atoms with Gasteiger partial charge in [-0.3, -0.25) is 0 Å². The quantitative estimate of drug-likeness (QED) is 0.740. The van der Waals surface area contributed by atoms with Crippen molar-refractivity contribution in [2.75, 3.05) is 19.8 Å². The molecule has 5 heteroatoms. The Hall–Kier alpha value is -1.07. The van der Waals surface area contributed by atoms with Gasteiger partial charge in [0.1, 0.15) is 6.61 Å². The first-order valence-electron chi connectivity index (χ1n) is 6.80. The van der Waals surface area contributed by atoms with Crippen molar-refractivity contribution in [2.24, 2.45) is 0 Å². The molecule has 0 bridgehead atoms. The van der Waals surface area contributed by atoms with Crippen LogP contribution in [0, 0.1) is 6.92 Å². The lowest BCUT2D eigenvalue weighted by Crippen LogP contribution is -2.31. The molecule has 0 aliphatic carbocycles. The molecule has 20 heavy (non-hydrogen) atoms. The Labute approximate surface area is 118 Å². The zero-order valence-corrected chi connectivity index (χ0v) is 12.0. The van der Waals surface area contributed by atoms with Crippen LogP contribution < -0.4 is 5.32 Å². The predicted molar refractivity (Wildman–Crippen MR) is 73.8 cm³/mol. The summed E-state index contributed by atoms with van der Waals surface area (Å²) in [5, 5.41) is 3.16. The first kappa shape index (κ1) is 17.0. The van der Waals surface area contributed by atoms with E-state index in [1.165, 1.54) is 11.1 Å². The number of aryl methyl sites for hydroxylation is 2. The van der Waals surface area contributed by atoms with Crippen LogP contribution in [0.3, 0.4) is 0 Å². The Morgan fingerprint density at radius 1 is 1.30 bits per heavy atom. The van der Waals surface area contributed by atoms with Crippen LogP contribution in [0.2, 0.25) is 0 Å². The average molecular weight is 289 g/mol. The van der Waals surface area contributed by atoms with E-state index in [9.17, 15) is 13.2 Å². The highest BCUT2D eigenvalue weighted by atomic mass is 19.4. The third kappa shape index (κ3) is 8.17. The van der Waals surface area contributed by atoms with E-state index >= 15 is 0 Å². The van der Waals surface area contributed by atoms with Crippen molar-refractivity contribution >= 4 is 0 Å². The molecule has 0 fully saturated rings. The van der Waals surface area contributed by atoms with Crippen LogP contribution in [-0.4, -0.2) is 32.0 Å². The van der Waals surface area contributed by atoms with Gasteiger partial charge in [0.05, 0.1) is 6.61 Å². The molecule has 0 aromatic heterocycles. The molecular formula is C15H22F3NO. The van der Waals surface area contributed by atoms with E-state index in [2.05, 4.69) is 35.2 Å². The Morgan fingerprint density at radius 2 is 2.05 bits per heavy atom. The van der Waals surface area contributed by atoms with E-state index in [0.717, 1.165) is 12.8 Å². The Kier molecular flexibility index (Phi) is 7.02. The highest BCUT2D eigenvalue weighted by Gasteiger charge is 2.27. The molecule has 2 nitrogen and oxygen atoms in total. The summed E-state index contributed by atoms with van der Waals surface area (Å²) in [4.78, 5) is 0. The zero-order chi connectivity index (χ0) is 15.0. The van der Waals surface area contributed by atoms with Gasteiger partial charge in [0.25, 0.3) is 0 Å². The van der Waals surface area contributed by atoms with Crippen LogP contribution in [-0.2, 0) is 11.2 Å². The lowest BCUT2D eigenvalue weighted by molar-refractivity contribution is -0.173. The lowest BCUT2D eigenvalue weighted by atomic mass is 10.0. The van der Waals surface area contributed by atoms with Gasteiger partial charge in [-0.2, -0.15) is 13.2 Å². The SMILES string of the molecule is Cc1cccc(CCC(C)NCCOCC(F)(F)F)c1. The summed E-state index contributed by atoms with van der Waals surface area (Å²) >= 11 is 0. The van der Waals surface area contributed by atoms with Crippen molar-refractivity contribution < 1.29 is 17.9 Å². The van der Waals surface area contributed by atoms with Gasteiger partial charge in [0.2, 0.25) is 0 Å². The first-order chi connectivity index (χ1) is 9.37. The number of hydrogen-bond donors (Lipinski definition) is 1. The number of hydrogen-bond acceptors (Lipinski definition) is 2. The maximum absolute atomic E-state index is 11.8. The summed E-state index contributed by atoms with van der Waals surface area (Å²) in [6.45, 7) is 3.43. The van der Waals surface area contributed by atoms with Gasteiger partial charge >= 0.3 is 6.18 Å². The predicted octanol–water partition coefficient (Wildman–Crippen LogP) is 3.48. The number of ether oxygens (including phenoxy) is 1. The monoisotopic (exact) mass is 289 g/mol. The molecule has 0 aliphatic heterocycles. The van der Waals surface area contributed by atoms with Crippen LogP contribution >= 0.6 is 0 Å². The topological polar surface area (TPSA) is 21.3 Å². The third-order valence-corrected chi connectivity index (χ3v) is 2.95. The molecule has 0 spiro atoms. The van der Waals surface area contributed by atoms with Crippen LogP contribution in [0.5, 0.6) is 0 Å². The average Bonchev–Trinajstić information content (AvgIpc) is 2.35. The number of halogens is 3. The Bertz CT molecular complexity index is 393. The van der Waals surface area contributed by atoms with Crippen molar-refractivity contribution in [3.05, 3.63) is 35.4 Å². The standard InChI is InChI=1S/C15H22F3NO/c1-12-4-3-5-14(10-12)7-6-13(2)19-8-9-20-11-15(16,17)18/h3-5,10,13,19H,6-9,11H2,1-2H3. The van der Waals surface area contributed by atoms with Gasteiger partial charge in [-0.1, -0.05) is 29.8 Å². The number of benzene rings is 1. The molecule has 1 aromatic carbocycles. The van der Waals surface area contributed by atoms with Crippen molar-refractivity contribution in [3.8, 4) is 0 Å². The molecule has 0 saturated heterocycles. The summed E-state index contributed by atoms with van der Waals surface area (Å²) in [5.74, 6) is 0. The van der Waals surface area contributed by atoms with Gasteiger partial charge < -0.3 is 10.1 Å². The van der Waals surface area contributed by atoms with E-state index < -0.39 is 12.8 Å². The third-order valence-electron chi connectivity index (χ3n) is 2.95. The van der Waals surface area contributed by atoms with E-state index in [1.54, 1.807) is 0 Å². The van der Waals surface area contributed by atoms with Gasteiger partial charge in [-0.25, -0.2) is 0 Å². The highest BCUT2D eigenvalue weighted by molar-refractivity contribution is 5.22. The van der Waals surface area contributed by atoms with Gasteiger partial charge in [-0.15, -0.1) is 0 Å². The van der Waals surface area contributed by atoms with Crippen molar-refractivity contribution in [2.45, 2.75) is 38.9 Å². The van der Waals surface area contributed by atoms with E-state index in [1.807, 2.05) is 13.0 Å². The second kappa shape index (κ2) is 8.27. The summed E-state index contributed by atoms with van der Waals surface area (Å²) in [5.41, 5.74) is 2.52. The number of alkyl halides is 3. The normalized spacial score (nSPS) is 13.4. The van der Waals surface area contributed by atoms with Crippen LogP contribution in [0.1, 0.15) is 24.5 Å². The minimum absolute atomic E-state index is 0.0777. The van der Waals surface area contributed by atoms with Crippen molar-refractivity contribution in [1.82, 2.24) is 5.32 Å². The van der Waals surface area contributed by atoms with Crippen molar-refractivity contribution in [1.29, 1.82) is 0 Å². The van der Waals surface area contributed by atoms with Gasteiger partial charge in [-0.05, 0) is 32.3 Å². The molecule has 0 aliphatic rings. The van der Waals surface area contributed by atoms with Gasteiger partial charge in [0.15, 0.2) is 0 Å². The molecule has 1 atom stereocenters. The fourth-order valence-corrected chi connectivity index (χ4v) is 1.92. The molecule has 1 aromatic rings. The first-order valence-corrected chi connectivity index (χ1v) is 6.80. The smallest absolute Gasteiger partial charge is 0.371 e. The second-order valence-electron chi connectivity index (χ2n) is 5.05. The fraction of sp³-hybridized carbons (Fsp3) is 0.600.